The van der Waals surface area contributed by atoms with Gasteiger partial charge in [-0.3, -0.25) is 9.59 Å². The largest absolute Gasteiger partial charge is 0.508 e. The van der Waals surface area contributed by atoms with Gasteiger partial charge in [0.2, 0.25) is 11.6 Å². The van der Waals surface area contributed by atoms with Gasteiger partial charge < -0.3 is 35.4 Å². The minimum absolute atomic E-state index is 0.0949. The summed E-state index contributed by atoms with van der Waals surface area (Å²) in [7, 11) is 3.22. The lowest BCUT2D eigenvalue weighted by Crippen LogP contribution is -2.55. The number of Topliss-reactive ketones (excluding diaryl/α,β-unsaturated/α-hetero) is 2. The first kappa shape index (κ1) is 20.5. The number of nitrogens with zero attached hydrogens (tertiary/aromatic N) is 2. The van der Waals surface area contributed by atoms with E-state index in [1.807, 2.05) is 4.90 Å². The zero-order valence-electron chi connectivity index (χ0n) is 17.9. The maximum atomic E-state index is 13.9. The first-order valence-electron chi connectivity index (χ1n) is 10.3. The highest BCUT2D eigenvalue weighted by Crippen LogP contribution is 2.56. The van der Waals surface area contributed by atoms with E-state index < -0.39 is 17.7 Å². The van der Waals surface area contributed by atoms with Crippen molar-refractivity contribution in [3.05, 3.63) is 46.8 Å². The molecule has 32 heavy (non-hydrogen) atoms. The molecule has 0 radical (unpaired) electrons. The van der Waals surface area contributed by atoms with E-state index in [0.717, 1.165) is 0 Å². The van der Waals surface area contributed by atoms with Crippen molar-refractivity contribution in [1.29, 1.82) is 0 Å². The van der Waals surface area contributed by atoms with Crippen molar-refractivity contribution >= 4 is 23.3 Å². The van der Waals surface area contributed by atoms with E-state index >= 15 is 0 Å². The SMILES string of the molecule is COC12C(COC(N)=O)C3=C(C(=O)C(C)=C(N(C)c4ccc(O)cc4)C3=O)N1CC1NC12. The third-order valence-electron chi connectivity index (χ3n) is 6.97. The molecule has 1 amide bonds. The number of phenols is 1. The van der Waals surface area contributed by atoms with Crippen molar-refractivity contribution in [1.82, 2.24) is 10.2 Å². The third-order valence-corrected chi connectivity index (χ3v) is 6.97. The van der Waals surface area contributed by atoms with Crippen LogP contribution in [0.4, 0.5) is 10.5 Å². The Morgan fingerprint density at radius 2 is 2.00 bits per heavy atom. The number of carbonyl (C=O) groups excluding carboxylic acids is 3. The van der Waals surface area contributed by atoms with Crippen LogP contribution in [0.1, 0.15) is 6.92 Å². The minimum Gasteiger partial charge on any atom is -0.508 e. The van der Waals surface area contributed by atoms with E-state index in [0.29, 0.717) is 23.5 Å². The number of nitrogens with two attached hydrogens (primary N) is 1. The topological polar surface area (TPSA) is 144 Å². The van der Waals surface area contributed by atoms with Crippen LogP contribution in [-0.2, 0) is 19.1 Å². The average molecular weight is 440 g/mol. The normalized spacial score (nSPS) is 30.3. The highest BCUT2D eigenvalue weighted by molar-refractivity contribution is 6.26. The Kier molecular flexibility index (Phi) is 4.37. The molecule has 0 saturated carbocycles. The van der Waals surface area contributed by atoms with Crippen LogP contribution in [0.15, 0.2) is 46.8 Å². The Bertz CT molecular complexity index is 1110. The molecule has 2 saturated heterocycles. The van der Waals surface area contributed by atoms with E-state index in [9.17, 15) is 19.5 Å². The second kappa shape index (κ2) is 6.81. The number of methoxy groups -OCH3 is 1. The molecule has 0 bridgehead atoms. The summed E-state index contributed by atoms with van der Waals surface area (Å²) in [5, 5.41) is 12.9. The molecule has 4 aliphatic rings. The van der Waals surface area contributed by atoms with Crippen LogP contribution in [0.25, 0.3) is 0 Å². The van der Waals surface area contributed by atoms with Crippen LogP contribution in [-0.4, -0.2) is 72.8 Å². The zero-order chi connectivity index (χ0) is 22.9. The average Bonchev–Trinajstić information content (AvgIpc) is 3.37. The first-order valence-corrected chi connectivity index (χ1v) is 10.3. The molecule has 1 aromatic rings. The van der Waals surface area contributed by atoms with Gasteiger partial charge in [0.05, 0.1) is 23.4 Å². The van der Waals surface area contributed by atoms with Crippen LogP contribution in [0.2, 0.25) is 0 Å². The van der Waals surface area contributed by atoms with E-state index in [1.54, 1.807) is 31.0 Å². The van der Waals surface area contributed by atoms with Gasteiger partial charge in [0.15, 0.2) is 5.72 Å². The summed E-state index contributed by atoms with van der Waals surface area (Å²) < 4.78 is 11.1. The lowest BCUT2D eigenvalue weighted by atomic mass is 9.82. The molecular formula is C22H24N4O6. The second-order valence-electron chi connectivity index (χ2n) is 8.47. The van der Waals surface area contributed by atoms with Crippen LogP contribution >= 0.6 is 0 Å². The van der Waals surface area contributed by atoms with E-state index in [4.69, 9.17) is 15.2 Å². The van der Waals surface area contributed by atoms with Crippen molar-refractivity contribution in [2.75, 3.05) is 32.2 Å². The fourth-order valence-electron chi connectivity index (χ4n) is 5.49. The Morgan fingerprint density at radius 3 is 2.62 bits per heavy atom. The summed E-state index contributed by atoms with van der Waals surface area (Å²) in [5.41, 5.74) is 5.98. The van der Waals surface area contributed by atoms with E-state index in [1.165, 1.54) is 19.2 Å². The van der Waals surface area contributed by atoms with Crippen LogP contribution in [0.5, 0.6) is 5.75 Å². The number of aromatic hydroxyl groups is 1. The number of primary amides is 1. The molecule has 10 heteroatoms. The maximum absolute atomic E-state index is 13.9. The number of rotatable bonds is 5. The standard InChI is InChI=1S/C22H24N4O6/c1-10-16(25(2)11-4-6-12(27)7-5-11)19(29)15-13(9-32-21(23)30)22(31-3)20-14(24-20)8-26(22)17(15)18(10)28/h4-7,13-14,20,24,27H,8-9H2,1-3H3,(H2,23,30). The van der Waals surface area contributed by atoms with Crippen molar-refractivity contribution in [2.24, 2.45) is 11.7 Å². The molecule has 168 valence electrons. The Balaban J connectivity index is 1.60. The van der Waals surface area contributed by atoms with Gasteiger partial charge in [0.25, 0.3) is 0 Å². The number of benzene rings is 1. The van der Waals surface area contributed by atoms with Crippen molar-refractivity contribution in [2.45, 2.75) is 24.7 Å². The predicted molar refractivity (Wildman–Crippen MR) is 112 cm³/mol. The summed E-state index contributed by atoms with van der Waals surface area (Å²) in [5.74, 6) is -1.18. The molecule has 3 heterocycles. The van der Waals surface area contributed by atoms with Gasteiger partial charge >= 0.3 is 6.09 Å². The third kappa shape index (κ3) is 2.56. The number of hydrogen-bond donors (Lipinski definition) is 3. The Labute approximate surface area is 184 Å². The van der Waals surface area contributed by atoms with Gasteiger partial charge in [-0.05, 0) is 31.2 Å². The molecule has 1 aliphatic carbocycles. The molecule has 4 unspecified atom stereocenters. The van der Waals surface area contributed by atoms with Crippen molar-refractivity contribution < 1.29 is 29.0 Å². The number of piperazine rings is 1. The smallest absolute Gasteiger partial charge is 0.404 e. The fourth-order valence-corrected chi connectivity index (χ4v) is 5.49. The monoisotopic (exact) mass is 440 g/mol. The number of fused-ring (bicyclic) bond motifs is 4. The minimum atomic E-state index is -1.01. The second-order valence-corrected chi connectivity index (χ2v) is 8.47. The molecule has 3 aliphatic heterocycles. The molecule has 10 nitrogen and oxygen atoms in total. The molecule has 5 rings (SSSR count). The van der Waals surface area contributed by atoms with Crippen LogP contribution < -0.4 is 16.0 Å². The summed E-state index contributed by atoms with van der Waals surface area (Å²) >= 11 is 0. The van der Waals surface area contributed by atoms with Gasteiger partial charge in [0.1, 0.15) is 12.4 Å². The lowest BCUT2D eigenvalue weighted by molar-refractivity contribution is -0.137. The van der Waals surface area contributed by atoms with Crippen molar-refractivity contribution in [3.8, 4) is 5.75 Å². The molecular weight excluding hydrogens is 416 g/mol. The molecule has 4 N–H and O–H groups in total. The number of amides is 1. The number of ether oxygens (including phenoxy) is 2. The van der Waals surface area contributed by atoms with Gasteiger partial charge in [-0.15, -0.1) is 0 Å². The van der Waals surface area contributed by atoms with Gasteiger partial charge in [0, 0.05) is 43.6 Å². The highest BCUT2D eigenvalue weighted by atomic mass is 16.6. The van der Waals surface area contributed by atoms with Gasteiger partial charge in [-0.2, -0.15) is 0 Å². The summed E-state index contributed by atoms with van der Waals surface area (Å²) in [4.78, 5) is 42.3. The Hall–Kier alpha value is -3.37. The molecule has 0 aromatic heterocycles. The van der Waals surface area contributed by atoms with Crippen LogP contribution in [0.3, 0.4) is 0 Å². The quantitative estimate of drug-likeness (QED) is 0.433. The summed E-state index contributed by atoms with van der Waals surface area (Å²) in [6.07, 6.45) is -0.960. The zero-order valence-corrected chi connectivity index (χ0v) is 17.9. The van der Waals surface area contributed by atoms with Crippen LogP contribution in [0, 0.1) is 5.92 Å². The van der Waals surface area contributed by atoms with Crippen molar-refractivity contribution in [3.63, 3.8) is 0 Å². The molecule has 1 aromatic carbocycles. The fraction of sp³-hybridized carbons (Fsp3) is 0.409. The highest BCUT2D eigenvalue weighted by Gasteiger charge is 2.72. The molecule has 0 spiro atoms. The first-order chi connectivity index (χ1) is 15.2. The summed E-state index contributed by atoms with van der Waals surface area (Å²) in [6.45, 7) is 1.96. The number of phenolic OH excluding ortho intramolecular Hbond substituents is 1. The van der Waals surface area contributed by atoms with E-state index in [2.05, 4.69) is 5.32 Å². The number of hydrogen-bond acceptors (Lipinski definition) is 9. The predicted octanol–water partition coefficient (Wildman–Crippen LogP) is 0.232. The van der Waals surface area contributed by atoms with Gasteiger partial charge in [-0.1, -0.05) is 0 Å². The number of allylic oxidation sites excluding steroid dienone is 2. The van der Waals surface area contributed by atoms with E-state index in [-0.39, 0.29) is 47.3 Å². The number of likely N-dealkylation sites (N-methyl/N-ethyl adjacent to an activating group) is 1. The maximum Gasteiger partial charge on any atom is 0.404 e. The number of anilines is 1. The number of ketones is 2. The Morgan fingerprint density at radius 1 is 1.31 bits per heavy atom. The number of nitrogens with one attached hydrogen (secondary N) is 1. The molecule has 4 atom stereocenters. The summed E-state index contributed by atoms with van der Waals surface area (Å²) in [6, 6.07) is 6.37. The lowest BCUT2D eigenvalue weighted by Gasteiger charge is -2.39. The van der Waals surface area contributed by atoms with Gasteiger partial charge in [-0.25, -0.2) is 4.79 Å². The molecule has 2 fully saturated rings. The number of carbonyl (C=O) groups is 3.